The van der Waals surface area contributed by atoms with Crippen LogP contribution in [0.3, 0.4) is 0 Å². The summed E-state index contributed by atoms with van der Waals surface area (Å²) in [5.41, 5.74) is 9.09. The average molecular weight is 406 g/mol. The van der Waals surface area contributed by atoms with Crippen LogP contribution in [0.2, 0.25) is 0 Å². The van der Waals surface area contributed by atoms with Crippen molar-refractivity contribution in [2.75, 3.05) is 29.1 Å². The van der Waals surface area contributed by atoms with Crippen LogP contribution in [0.15, 0.2) is 60.9 Å². The van der Waals surface area contributed by atoms with Gasteiger partial charge < -0.3 is 20.7 Å². The van der Waals surface area contributed by atoms with E-state index in [1.165, 1.54) is 6.33 Å². The lowest BCUT2D eigenvalue weighted by Crippen LogP contribution is -2.19. The topological polar surface area (TPSA) is 93.4 Å². The number of rotatable bonds is 8. The van der Waals surface area contributed by atoms with Crippen LogP contribution in [0.25, 0.3) is 0 Å². The number of nitrogens with one attached hydrogen (secondary N) is 1. The van der Waals surface area contributed by atoms with Crippen LogP contribution in [0.4, 0.5) is 28.7 Å². The third-order valence-corrected chi connectivity index (χ3v) is 4.43. The number of carbonyl (C=O) groups is 1. The number of carbonyl (C=O) groups excluding carboxylic acids is 1. The lowest BCUT2D eigenvalue weighted by molar-refractivity contribution is 0.0459. The maximum atomic E-state index is 12.1. The first-order valence-corrected chi connectivity index (χ1v) is 9.96. The number of anilines is 5. The predicted octanol–water partition coefficient (Wildman–Crippen LogP) is 4.77. The predicted molar refractivity (Wildman–Crippen MR) is 120 cm³/mol. The summed E-state index contributed by atoms with van der Waals surface area (Å²) in [4.78, 5) is 22.8. The molecule has 2 aromatic carbocycles. The molecule has 3 rings (SSSR count). The highest BCUT2D eigenvalue weighted by Crippen LogP contribution is 2.32. The quantitative estimate of drug-likeness (QED) is 0.521. The van der Waals surface area contributed by atoms with Gasteiger partial charge >= 0.3 is 5.97 Å². The van der Waals surface area contributed by atoms with Crippen molar-refractivity contribution in [3.8, 4) is 0 Å². The first-order chi connectivity index (χ1) is 14.5. The zero-order valence-electron chi connectivity index (χ0n) is 17.5. The van der Waals surface area contributed by atoms with Crippen molar-refractivity contribution in [1.29, 1.82) is 0 Å². The van der Waals surface area contributed by atoms with Crippen molar-refractivity contribution < 1.29 is 9.53 Å². The minimum Gasteiger partial charge on any atom is -0.462 e. The van der Waals surface area contributed by atoms with Gasteiger partial charge in [-0.3, -0.25) is 0 Å². The molecular formula is C23H27N5O2. The number of aromatic nitrogens is 2. The number of hydrogen-bond acceptors (Lipinski definition) is 7. The Bertz CT molecular complexity index is 975. The number of benzene rings is 2. The first kappa shape index (κ1) is 21.1. The molecule has 0 aliphatic carbocycles. The number of nitrogens with two attached hydrogens (primary N) is 1. The number of nitrogen functional groups attached to an aromatic ring is 1. The fraction of sp³-hybridized carbons (Fsp3) is 0.261. The lowest BCUT2D eigenvalue weighted by Gasteiger charge is -2.24. The van der Waals surface area contributed by atoms with E-state index in [1.807, 2.05) is 56.0 Å². The van der Waals surface area contributed by atoms with Crippen molar-refractivity contribution in [1.82, 2.24) is 9.97 Å². The van der Waals surface area contributed by atoms with E-state index in [2.05, 4.69) is 15.3 Å². The molecule has 1 heterocycles. The summed E-state index contributed by atoms with van der Waals surface area (Å²) in [6.45, 7) is 7.14. The third kappa shape index (κ3) is 5.05. The van der Waals surface area contributed by atoms with Crippen LogP contribution in [-0.2, 0) is 4.74 Å². The largest absolute Gasteiger partial charge is 0.462 e. The zero-order valence-corrected chi connectivity index (χ0v) is 17.5. The number of ether oxygens (including phenoxy) is 1. The van der Waals surface area contributed by atoms with Crippen LogP contribution < -0.4 is 16.0 Å². The Kier molecular flexibility index (Phi) is 6.85. The Morgan fingerprint density at radius 3 is 2.43 bits per heavy atom. The fourth-order valence-electron chi connectivity index (χ4n) is 2.92. The fourth-order valence-corrected chi connectivity index (χ4v) is 2.92. The maximum Gasteiger partial charge on any atom is 0.338 e. The number of hydrogen-bond donors (Lipinski definition) is 2. The van der Waals surface area contributed by atoms with Crippen molar-refractivity contribution in [3.63, 3.8) is 0 Å². The van der Waals surface area contributed by atoms with Crippen molar-refractivity contribution >= 4 is 34.7 Å². The summed E-state index contributed by atoms with van der Waals surface area (Å²) in [5.74, 6) is 1.10. The molecule has 1 aromatic heterocycles. The van der Waals surface area contributed by atoms with Gasteiger partial charge in [0, 0.05) is 17.9 Å². The highest BCUT2D eigenvalue weighted by molar-refractivity contribution is 5.90. The molecule has 156 valence electrons. The van der Waals surface area contributed by atoms with Gasteiger partial charge in [-0.05, 0) is 49.2 Å². The zero-order chi connectivity index (χ0) is 21.5. The molecule has 0 spiro atoms. The van der Waals surface area contributed by atoms with E-state index in [9.17, 15) is 4.79 Å². The van der Waals surface area contributed by atoms with E-state index >= 15 is 0 Å². The first-order valence-electron chi connectivity index (χ1n) is 9.96. The molecule has 30 heavy (non-hydrogen) atoms. The summed E-state index contributed by atoms with van der Waals surface area (Å²) in [6, 6.07) is 17.0. The SMILES string of the molecule is CCN(c1ccccc1)c1ncnc(Nc2ccc(C(=O)OCC(C)C)cc2)c1N. The smallest absolute Gasteiger partial charge is 0.338 e. The van der Waals surface area contributed by atoms with E-state index in [1.54, 1.807) is 24.3 Å². The molecule has 0 saturated carbocycles. The summed E-state index contributed by atoms with van der Waals surface area (Å²) in [5, 5.41) is 3.20. The standard InChI is InChI=1S/C23H27N5O2/c1-4-28(19-8-6-5-7-9-19)22-20(24)21(25-15-26-22)27-18-12-10-17(11-13-18)23(29)30-14-16(2)3/h5-13,15-16H,4,14,24H2,1-3H3,(H,25,26,27). The lowest BCUT2D eigenvalue weighted by atomic mass is 10.2. The highest BCUT2D eigenvalue weighted by Gasteiger charge is 2.16. The molecule has 0 atom stereocenters. The maximum absolute atomic E-state index is 12.1. The van der Waals surface area contributed by atoms with Gasteiger partial charge in [0.2, 0.25) is 0 Å². The van der Waals surface area contributed by atoms with Crippen LogP contribution in [0.5, 0.6) is 0 Å². The average Bonchev–Trinajstić information content (AvgIpc) is 2.76. The van der Waals surface area contributed by atoms with E-state index < -0.39 is 0 Å². The number of esters is 1. The molecule has 0 bridgehead atoms. The van der Waals surface area contributed by atoms with Gasteiger partial charge in [0.05, 0.1) is 12.2 Å². The molecule has 0 aliphatic heterocycles. The van der Waals surface area contributed by atoms with Crippen LogP contribution in [-0.4, -0.2) is 29.1 Å². The Hall–Kier alpha value is -3.61. The van der Waals surface area contributed by atoms with Crippen LogP contribution >= 0.6 is 0 Å². The van der Waals surface area contributed by atoms with Gasteiger partial charge in [0.25, 0.3) is 0 Å². The molecule has 7 heteroatoms. The molecule has 3 aromatic rings. The summed E-state index contributed by atoms with van der Waals surface area (Å²) >= 11 is 0. The van der Waals surface area contributed by atoms with Gasteiger partial charge in [-0.2, -0.15) is 0 Å². The molecule has 0 aliphatic rings. The van der Waals surface area contributed by atoms with Crippen molar-refractivity contribution in [2.45, 2.75) is 20.8 Å². The molecular weight excluding hydrogens is 378 g/mol. The second kappa shape index (κ2) is 9.73. The van der Waals surface area contributed by atoms with Crippen LogP contribution in [0, 0.1) is 5.92 Å². The Balaban J connectivity index is 1.78. The van der Waals surface area contributed by atoms with Gasteiger partial charge in [0.15, 0.2) is 11.6 Å². The second-order valence-electron chi connectivity index (χ2n) is 7.23. The third-order valence-electron chi connectivity index (χ3n) is 4.43. The van der Waals surface area contributed by atoms with Gasteiger partial charge in [-0.25, -0.2) is 14.8 Å². The molecule has 0 saturated heterocycles. The Morgan fingerprint density at radius 1 is 1.10 bits per heavy atom. The van der Waals surface area contributed by atoms with E-state index in [0.717, 1.165) is 11.4 Å². The highest BCUT2D eigenvalue weighted by atomic mass is 16.5. The van der Waals surface area contributed by atoms with E-state index in [4.69, 9.17) is 10.5 Å². The normalized spacial score (nSPS) is 10.7. The van der Waals surface area contributed by atoms with Crippen LogP contribution in [0.1, 0.15) is 31.1 Å². The van der Waals surface area contributed by atoms with E-state index in [0.29, 0.717) is 42.0 Å². The van der Waals surface area contributed by atoms with Crippen molar-refractivity contribution in [3.05, 3.63) is 66.5 Å². The summed E-state index contributed by atoms with van der Waals surface area (Å²) in [7, 11) is 0. The van der Waals surface area contributed by atoms with Gasteiger partial charge in [0.1, 0.15) is 12.0 Å². The van der Waals surface area contributed by atoms with Gasteiger partial charge in [-0.15, -0.1) is 0 Å². The minimum atomic E-state index is -0.333. The summed E-state index contributed by atoms with van der Waals surface area (Å²) in [6.07, 6.45) is 1.48. The Labute approximate surface area is 176 Å². The molecule has 0 fully saturated rings. The number of nitrogens with zero attached hydrogens (tertiary/aromatic N) is 3. The molecule has 3 N–H and O–H groups in total. The van der Waals surface area contributed by atoms with Gasteiger partial charge in [-0.1, -0.05) is 32.0 Å². The molecule has 0 unspecified atom stereocenters. The summed E-state index contributed by atoms with van der Waals surface area (Å²) < 4.78 is 5.26. The number of para-hydroxylation sites is 1. The Morgan fingerprint density at radius 2 is 1.80 bits per heavy atom. The van der Waals surface area contributed by atoms with E-state index in [-0.39, 0.29) is 5.97 Å². The second-order valence-corrected chi connectivity index (χ2v) is 7.23. The monoisotopic (exact) mass is 405 g/mol. The minimum absolute atomic E-state index is 0.295. The molecule has 0 radical (unpaired) electrons. The molecule has 0 amide bonds. The molecule has 7 nitrogen and oxygen atoms in total. The van der Waals surface area contributed by atoms with Crippen molar-refractivity contribution in [2.24, 2.45) is 5.92 Å².